The van der Waals surface area contributed by atoms with Crippen molar-refractivity contribution in [1.82, 2.24) is 9.38 Å². The van der Waals surface area contributed by atoms with Crippen molar-refractivity contribution in [3.8, 4) is 11.5 Å². The number of thiazole rings is 1. The van der Waals surface area contributed by atoms with Crippen LogP contribution in [-0.2, 0) is 5.75 Å². The highest BCUT2D eigenvalue weighted by Crippen LogP contribution is 2.34. The predicted octanol–water partition coefficient (Wildman–Crippen LogP) is 2.82. The van der Waals surface area contributed by atoms with Crippen LogP contribution in [0.15, 0.2) is 45.5 Å². The van der Waals surface area contributed by atoms with Gasteiger partial charge in [-0.3, -0.25) is 9.20 Å². The SMILES string of the molecule is O=c1cc(CSc2ccc3c(c2)OCCO3)nc2sccn12. The van der Waals surface area contributed by atoms with Gasteiger partial charge in [0.25, 0.3) is 5.56 Å². The van der Waals surface area contributed by atoms with Crippen molar-refractivity contribution in [2.75, 3.05) is 13.2 Å². The summed E-state index contributed by atoms with van der Waals surface area (Å²) in [4.78, 5) is 18.2. The molecule has 1 aliphatic rings. The molecule has 0 bridgehead atoms. The molecule has 0 saturated heterocycles. The smallest absolute Gasteiger partial charge is 0.258 e. The summed E-state index contributed by atoms with van der Waals surface area (Å²) in [7, 11) is 0. The monoisotopic (exact) mass is 332 g/mol. The van der Waals surface area contributed by atoms with Gasteiger partial charge < -0.3 is 9.47 Å². The van der Waals surface area contributed by atoms with Crippen molar-refractivity contribution in [1.29, 1.82) is 0 Å². The lowest BCUT2D eigenvalue weighted by molar-refractivity contribution is 0.171. The quantitative estimate of drug-likeness (QED) is 0.690. The Morgan fingerprint density at radius 2 is 2.09 bits per heavy atom. The van der Waals surface area contributed by atoms with Gasteiger partial charge >= 0.3 is 0 Å². The van der Waals surface area contributed by atoms with E-state index in [2.05, 4.69) is 4.98 Å². The normalized spacial score (nSPS) is 13.5. The van der Waals surface area contributed by atoms with E-state index in [9.17, 15) is 4.79 Å². The Bertz CT molecular complexity index is 888. The van der Waals surface area contributed by atoms with Crippen LogP contribution in [0.25, 0.3) is 4.96 Å². The van der Waals surface area contributed by atoms with E-state index in [1.54, 1.807) is 28.4 Å². The average Bonchev–Trinajstić information content (AvgIpc) is 3.02. The number of benzene rings is 1. The largest absolute Gasteiger partial charge is 0.486 e. The summed E-state index contributed by atoms with van der Waals surface area (Å²) in [6.45, 7) is 1.17. The van der Waals surface area contributed by atoms with Crippen molar-refractivity contribution in [2.24, 2.45) is 0 Å². The molecular weight excluding hydrogens is 320 g/mol. The summed E-state index contributed by atoms with van der Waals surface area (Å²) in [6, 6.07) is 7.47. The number of rotatable bonds is 3. The molecule has 4 rings (SSSR count). The summed E-state index contributed by atoms with van der Waals surface area (Å²) < 4.78 is 12.6. The van der Waals surface area contributed by atoms with Crippen LogP contribution in [0.5, 0.6) is 11.5 Å². The molecule has 22 heavy (non-hydrogen) atoms. The Balaban J connectivity index is 1.55. The lowest BCUT2D eigenvalue weighted by atomic mass is 10.3. The summed E-state index contributed by atoms with van der Waals surface area (Å²) in [6.07, 6.45) is 1.74. The molecule has 0 amide bonds. The fraction of sp³-hybridized carbons (Fsp3) is 0.200. The van der Waals surface area contributed by atoms with Crippen molar-refractivity contribution in [3.63, 3.8) is 0 Å². The van der Waals surface area contributed by atoms with Gasteiger partial charge in [0.15, 0.2) is 16.5 Å². The van der Waals surface area contributed by atoms with E-state index in [0.29, 0.717) is 19.0 Å². The molecule has 2 aromatic heterocycles. The molecular formula is C15H12N2O3S2. The Kier molecular flexibility index (Phi) is 3.51. The summed E-state index contributed by atoms with van der Waals surface area (Å²) in [5, 5.41) is 1.86. The van der Waals surface area contributed by atoms with Gasteiger partial charge in [-0.15, -0.1) is 23.1 Å². The molecule has 0 saturated carbocycles. The van der Waals surface area contributed by atoms with Gasteiger partial charge in [-0.1, -0.05) is 0 Å². The van der Waals surface area contributed by atoms with Crippen LogP contribution in [0.3, 0.4) is 0 Å². The molecule has 0 aliphatic carbocycles. The number of hydrogen-bond acceptors (Lipinski definition) is 6. The van der Waals surface area contributed by atoms with Gasteiger partial charge in [0.05, 0.1) is 5.69 Å². The molecule has 3 heterocycles. The topological polar surface area (TPSA) is 52.8 Å². The molecule has 0 radical (unpaired) electrons. The first kappa shape index (κ1) is 13.7. The van der Waals surface area contributed by atoms with Crippen molar-refractivity contribution in [3.05, 3.63) is 51.9 Å². The van der Waals surface area contributed by atoms with Crippen molar-refractivity contribution < 1.29 is 9.47 Å². The Morgan fingerprint density at radius 3 is 3.00 bits per heavy atom. The van der Waals surface area contributed by atoms with Crippen LogP contribution in [0.1, 0.15) is 5.69 Å². The van der Waals surface area contributed by atoms with Gasteiger partial charge in [-0.2, -0.15) is 0 Å². The highest BCUT2D eigenvalue weighted by molar-refractivity contribution is 7.98. The maximum absolute atomic E-state index is 11.9. The number of aromatic nitrogens is 2. The molecule has 3 aromatic rings. The minimum Gasteiger partial charge on any atom is -0.486 e. The molecule has 1 aliphatic heterocycles. The second-order valence-electron chi connectivity index (χ2n) is 4.74. The summed E-state index contributed by atoms with van der Waals surface area (Å²) in [5.41, 5.74) is 0.747. The summed E-state index contributed by atoms with van der Waals surface area (Å²) in [5.74, 6) is 2.20. The fourth-order valence-corrected chi connectivity index (χ4v) is 3.79. The first-order chi connectivity index (χ1) is 10.8. The minimum absolute atomic E-state index is 0.0379. The minimum atomic E-state index is -0.0379. The number of thioether (sulfide) groups is 1. The third-order valence-corrected chi connectivity index (χ3v) is 5.04. The predicted molar refractivity (Wildman–Crippen MR) is 86.3 cm³/mol. The molecule has 0 fully saturated rings. The first-order valence-electron chi connectivity index (χ1n) is 6.78. The van der Waals surface area contributed by atoms with E-state index in [4.69, 9.17) is 9.47 Å². The van der Waals surface area contributed by atoms with E-state index in [1.165, 1.54) is 11.3 Å². The molecule has 0 unspecified atom stereocenters. The number of hydrogen-bond donors (Lipinski definition) is 0. The summed E-state index contributed by atoms with van der Waals surface area (Å²) >= 11 is 3.09. The van der Waals surface area contributed by atoms with E-state index in [0.717, 1.165) is 27.0 Å². The van der Waals surface area contributed by atoms with Crippen LogP contribution in [-0.4, -0.2) is 22.6 Å². The second kappa shape index (κ2) is 5.66. The maximum atomic E-state index is 11.9. The molecule has 112 valence electrons. The molecule has 5 nitrogen and oxygen atoms in total. The van der Waals surface area contributed by atoms with E-state index in [-0.39, 0.29) is 5.56 Å². The Labute approximate surface area is 134 Å². The molecule has 1 aromatic carbocycles. The second-order valence-corrected chi connectivity index (χ2v) is 6.66. The third kappa shape index (κ3) is 2.57. The van der Waals surface area contributed by atoms with Crippen LogP contribution in [0.4, 0.5) is 0 Å². The Hall–Kier alpha value is -1.99. The molecule has 7 heteroatoms. The number of ether oxygens (including phenoxy) is 2. The van der Waals surface area contributed by atoms with Crippen LogP contribution in [0.2, 0.25) is 0 Å². The van der Waals surface area contributed by atoms with E-state index >= 15 is 0 Å². The highest BCUT2D eigenvalue weighted by Gasteiger charge is 2.12. The maximum Gasteiger partial charge on any atom is 0.258 e. The zero-order chi connectivity index (χ0) is 14.9. The van der Waals surface area contributed by atoms with Crippen LogP contribution in [0, 0.1) is 0 Å². The van der Waals surface area contributed by atoms with Crippen molar-refractivity contribution >= 4 is 28.1 Å². The fourth-order valence-electron chi connectivity index (χ4n) is 2.23. The molecule has 0 atom stereocenters. The zero-order valence-corrected chi connectivity index (χ0v) is 13.2. The number of nitrogens with zero attached hydrogens (tertiary/aromatic N) is 2. The van der Waals surface area contributed by atoms with Crippen molar-refractivity contribution in [2.45, 2.75) is 10.6 Å². The number of fused-ring (bicyclic) bond motifs is 2. The van der Waals surface area contributed by atoms with Gasteiger partial charge in [0, 0.05) is 28.3 Å². The van der Waals surface area contributed by atoms with Crippen LogP contribution >= 0.6 is 23.1 Å². The Morgan fingerprint density at radius 1 is 1.23 bits per heavy atom. The van der Waals surface area contributed by atoms with Gasteiger partial charge in [-0.05, 0) is 18.2 Å². The third-order valence-electron chi connectivity index (χ3n) is 3.26. The average molecular weight is 332 g/mol. The van der Waals surface area contributed by atoms with Crippen LogP contribution < -0.4 is 15.0 Å². The zero-order valence-electron chi connectivity index (χ0n) is 11.5. The lowest BCUT2D eigenvalue weighted by Crippen LogP contribution is -2.15. The van der Waals surface area contributed by atoms with Gasteiger partial charge in [0.1, 0.15) is 13.2 Å². The first-order valence-corrected chi connectivity index (χ1v) is 8.64. The van der Waals surface area contributed by atoms with E-state index < -0.39 is 0 Å². The highest BCUT2D eigenvalue weighted by atomic mass is 32.2. The molecule has 0 N–H and O–H groups in total. The molecule has 0 spiro atoms. The lowest BCUT2D eigenvalue weighted by Gasteiger charge is -2.18. The van der Waals surface area contributed by atoms with Gasteiger partial charge in [-0.25, -0.2) is 4.98 Å². The standard InChI is InChI=1S/C15H12N2O3S2/c18-14-7-10(16-15-17(14)3-6-21-15)9-22-11-1-2-12-13(8-11)20-5-4-19-12/h1-3,6-8H,4-5,9H2. The van der Waals surface area contributed by atoms with E-state index in [1.807, 2.05) is 23.6 Å². The van der Waals surface area contributed by atoms with Gasteiger partial charge in [0.2, 0.25) is 0 Å².